The van der Waals surface area contributed by atoms with Gasteiger partial charge in [-0.25, -0.2) is 0 Å². The number of thiophene rings is 1. The van der Waals surface area contributed by atoms with Gasteiger partial charge in [-0.2, -0.15) is 0 Å². The monoisotopic (exact) mass is 568 g/mol. The molecule has 0 aliphatic heterocycles. The number of hydrogen-bond donors (Lipinski definition) is 2. The van der Waals surface area contributed by atoms with Crippen molar-refractivity contribution in [1.29, 1.82) is 0 Å². The summed E-state index contributed by atoms with van der Waals surface area (Å²) in [6.07, 6.45) is 4.78. The van der Waals surface area contributed by atoms with Gasteiger partial charge in [-0.15, -0.1) is 11.3 Å². The fourth-order valence-electron chi connectivity index (χ4n) is 3.85. The molecule has 8 nitrogen and oxygen atoms in total. The Balaban J connectivity index is 1.59. The summed E-state index contributed by atoms with van der Waals surface area (Å²) in [5.41, 5.74) is 1.80. The number of methoxy groups -OCH3 is 3. The summed E-state index contributed by atoms with van der Waals surface area (Å²) in [6.45, 7) is 0. The summed E-state index contributed by atoms with van der Waals surface area (Å²) in [5, 5.41) is 7.42. The fourth-order valence-corrected chi connectivity index (χ4v) is 4.47. The predicted octanol–water partition coefficient (Wildman–Crippen LogP) is 6.08. The van der Waals surface area contributed by atoms with Crippen LogP contribution in [-0.4, -0.2) is 38.9 Å². The summed E-state index contributed by atoms with van der Waals surface area (Å²) in [4.78, 5) is 39.9. The summed E-state index contributed by atoms with van der Waals surface area (Å²) < 4.78 is 16.2. The first-order valence-corrected chi connectivity index (χ1v) is 13.3. The lowest BCUT2D eigenvalue weighted by Crippen LogP contribution is -2.30. The zero-order chi connectivity index (χ0) is 29.2. The third-order valence-corrected chi connectivity index (χ3v) is 6.73. The molecule has 0 saturated heterocycles. The van der Waals surface area contributed by atoms with Crippen LogP contribution in [0.1, 0.15) is 31.2 Å². The lowest BCUT2D eigenvalue weighted by Gasteiger charge is -2.14. The highest BCUT2D eigenvalue weighted by molar-refractivity contribution is 7.10. The standard InChI is InChI=1S/C32H28N2O6S/c1-38-28-19-21(20-29(39-2)30(28)40-3)18-26(34-31(36)23-8-5-4-6-9-23)32(37)33-24-13-11-22(12-14-24)27(35)16-15-25-10-7-17-41-25/h4-20H,1-3H3,(H,33,37)(H,34,36)/b16-15+,26-18-. The van der Waals surface area contributed by atoms with Gasteiger partial charge < -0.3 is 24.8 Å². The third-order valence-electron chi connectivity index (χ3n) is 5.90. The molecule has 0 atom stereocenters. The zero-order valence-corrected chi connectivity index (χ0v) is 23.5. The van der Waals surface area contributed by atoms with Crippen LogP contribution in [0.3, 0.4) is 0 Å². The van der Waals surface area contributed by atoms with Crippen molar-refractivity contribution in [3.8, 4) is 17.2 Å². The summed E-state index contributed by atoms with van der Waals surface area (Å²) in [5.74, 6) is -0.0143. The maximum atomic E-state index is 13.4. The minimum Gasteiger partial charge on any atom is -0.493 e. The van der Waals surface area contributed by atoms with Crippen LogP contribution in [0.2, 0.25) is 0 Å². The second-order valence-corrected chi connectivity index (χ2v) is 9.56. The minimum atomic E-state index is -0.570. The Bertz CT molecular complexity index is 1550. The van der Waals surface area contributed by atoms with Gasteiger partial charge in [-0.1, -0.05) is 24.3 Å². The van der Waals surface area contributed by atoms with Crippen LogP contribution >= 0.6 is 11.3 Å². The first kappa shape index (κ1) is 28.8. The van der Waals surface area contributed by atoms with Crippen molar-refractivity contribution in [2.45, 2.75) is 0 Å². The van der Waals surface area contributed by atoms with Gasteiger partial charge in [0.15, 0.2) is 17.3 Å². The van der Waals surface area contributed by atoms with E-state index in [4.69, 9.17) is 14.2 Å². The van der Waals surface area contributed by atoms with Gasteiger partial charge in [-0.05, 0) is 83.8 Å². The van der Waals surface area contributed by atoms with E-state index < -0.39 is 11.8 Å². The molecule has 208 valence electrons. The molecule has 2 N–H and O–H groups in total. The van der Waals surface area contributed by atoms with Crippen LogP contribution in [0, 0.1) is 0 Å². The van der Waals surface area contributed by atoms with Crippen molar-refractivity contribution < 1.29 is 28.6 Å². The van der Waals surface area contributed by atoms with Crippen LogP contribution in [0.5, 0.6) is 17.2 Å². The van der Waals surface area contributed by atoms with E-state index in [1.54, 1.807) is 72.8 Å². The van der Waals surface area contributed by atoms with Crippen molar-refractivity contribution in [1.82, 2.24) is 5.32 Å². The summed E-state index contributed by atoms with van der Waals surface area (Å²) in [6, 6.07) is 22.2. The van der Waals surface area contributed by atoms with Gasteiger partial charge in [0.05, 0.1) is 21.3 Å². The Labute approximate surface area is 241 Å². The van der Waals surface area contributed by atoms with E-state index in [-0.39, 0.29) is 11.5 Å². The number of carbonyl (C=O) groups excluding carboxylic acids is 3. The number of allylic oxidation sites excluding steroid dienone is 1. The number of ether oxygens (including phenoxy) is 3. The van der Waals surface area contributed by atoms with Crippen molar-refractivity contribution in [3.05, 3.63) is 118 Å². The number of amides is 2. The molecule has 3 aromatic carbocycles. The highest BCUT2D eigenvalue weighted by atomic mass is 32.1. The topological polar surface area (TPSA) is 103 Å². The number of nitrogens with one attached hydrogen (secondary N) is 2. The molecule has 0 aliphatic rings. The SMILES string of the molecule is COc1cc(/C=C(\NC(=O)c2ccccc2)C(=O)Nc2ccc(C(=O)/C=C/c3cccs3)cc2)cc(OC)c1OC. The van der Waals surface area contributed by atoms with Crippen LogP contribution in [0.15, 0.2) is 96.0 Å². The minimum absolute atomic E-state index is 0.0211. The predicted molar refractivity (Wildman–Crippen MR) is 161 cm³/mol. The van der Waals surface area contributed by atoms with Gasteiger partial charge in [0, 0.05) is 21.7 Å². The second-order valence-electron chi connectivity index (χ2n) is 8.58. The average Bonchev–Trinajstić information content (AvgIpc) is 3.53. The lowest BCUT2D eigenvalue weighted by atomic mass is 10.1. The van der Waals surface area contributed by atoms with E-state index in [2.05, 4.69) is 10.6 Å². The molecule has 1 aromatic heterocycles. The zero-order valence-electron chi connectivity index (χ0n) is 22.7. The maximum Gasteiger partial charge on any atom is 0.272 e. The quantitative estimate of drug-likeness (QED) is 0.168. The Hall–Kier alpha value is -5.15. The molecule has 0 saturated carbocycles. The van der Waals surface area contributed by atoms with Gasteiger partial charge in [0.25, 0.3) is 11.8 Å². The number of ketones is 1. The van der Waals surface area contributed by atoms with E-state index in [9.17, 15) is 14.4 Å². The van der Waals surface area contributed by atoms with E-state index in [0.717, 1.165) is 4.88 Å². The summed E-state index contributed by atoms with van der Waals surface area (Å²) >= 11 is 1.54. The van der Waals surface area contributed by atoms with Crippen LogP contribution in [0.4, 0.5) is 5.69 Å². The molecule has 4 aromatic rings. The maximum absolute atomic E-state index is 13.4. The van der Waals surface area contributed by atoms with Crippen molar-refractivity contribution >= 4 is 46.8 Å². The molecule has 41 heavy (non-hydrogen) atoms. The average molecular weight is 569 g/mol. The second kappa shape index (κ2) is 13.8. The van der Waals surface area contributed by atoms with E-state index in [1.165, 1.54) is 44.8 Å². The molecular formula is C32H28N2O6S. The Morgan fingerprint density at radius 3 is 2.05 bits per heavy atom. The first-order chi connectivity index (χ1) is 19.9. The largest absolute Gasteiger partial charge is 0.493 e. The normalized spacial score (nSPS) is 11.1. The Kier molecular flexibility index (Phi) is 9.69. The molecule has 1 heterocycles. The molecule has 4 rings (SSSR count). The molecule has 2 amide bonds. The van der Waals surface area contributed by atoms with E-state index in [1.807, 2.05) is 17.5 Å². The van der Waals surface area contributed by atoms with E-state index in [0.29, 0.717) is 39.6 Å². The van der Waals surface area contributed by atoms with Crippen molar-refractivity contribution in [3.63, 3.8) is 0 Å². The molecular weight excluding hydrogens is 540 g/mol. The fraction of sp³-hybridized carbons (Fsp3) is 0.0938. The molecule has 0 radical (unpaired) electrons. The third kappa shape index (κ3) is 7.49. The highest BCUT2D eigenvalue weighted by Gasteiger charge is 2.18. The summed E-state index contributed by atoms with van der Waals surface area (Å²) in [7, 11) is 4.47. The Morgan fingerprint density at radius 2 is 1.46 bits per heavy atom. The lowest BCUT2D eigenvalue weighted by molar-refractivity contribution is -0.113. The number of anilines is 1. The molecule has 0 unspecified atom stereocenters. The van der Waals surface area contributed by atoms with Gasteiger partial charge >= 0.3 is 0 Å². The smallest absolute Gasteiger partial charge is 0.272 e. The van der Waals surface area contributed by atoms with Crippen molar-refractivity contribution in [2.24, 2.45) is 0 Å². The molecule has 0 spiro atoms. The van der Waals surface area contributed by atoms with E-state index >= 15 is 0 Å². The van der Waals surface area contributed by atoms with Gasteiger partial charge in [0.2, 0.25) is 5.75 Å². The number of benzene rings is 3. The highest BCUT2D eigenvalue weighted by Crippen LogP contribution is 2.38. The molecule has 0 bridgehead atoms. The molecule has 0 fully saturated rings. The number of rotatable bonds is 11. The van der Waals surface area contributed by atoms with Crippen LogP contribution in [0.25, 0.3) is 12.2 Å². The first-order valence-electron chi connectivity index (χ1n) is 12.5. The van der Waals surface area contributed by atoms with Crippen LogP contribution < -0.4 is 24.8 Å². The Morgan fingerprint density at radius 1 is 0.780 bits per heavy atom. The molecule has 0 aliphatic carbocycles. The molecule has 9 heteroatoms. The number of hydrogen-bond acceptors (Lipinski definition) is 7. The number of carbonyl (C=O) groups is 3. The van der Waals surface area contributed by atoms with Gasteiger partial charge in [0.1, 0.15) is 5.70 Å². The van der Waals surface area contributed by atoms with Crippen LogP contribution in [-0.2, 0) is 4.79 Å². The van der Waals surface area contributed by atoms with Crippen molar-refractivity contribution in [2.75, 3.05) is 26.6 Å². The van der Waals surface area contributed by atoms with Gasteiger partial charge in [-0.3, -0.25) is 14.4 Å².